The van der Waals surface area contributed by atoms with E-state index in [0.29, 0.717) is 21.3 Å². The van der Waals surface area contributed by atoms with Crippen LogP contribution in [-0.2, 0) is 11.3 Å². The fourth-order valence-corrected chi connectivity index (χ4v) is 3.93. The van der Waals surface area contributed by atoms with Gasteiger partial charge in [0.25, 0.3) is 11.5 Å². The molecule has 0 atom stereocenters. The van der Waals surface area contributed by atoms with Crippen LogP contribution in [0.25, 0.3) is 16.7 Å². The third-order valence-electron chi connectivity index (χ3n) is 5.06. The molecule has 1 amide bonds. The summed E-state index contributed by atoms with van der Waals surface area (Å²) >= 11 is 3.36. The molecule has 0 bridgehead atoms. The molecule has 0 N–H and O–H groups in total. The molecule has 9 heteroatoms. The SMILES string of the molecule is COCCn1c(=NC(=O)c2ccccc2Br)c(C#N)cc2c(=O)n3cccc(C)c3nc21. The monoisotopic (exact) mass is 491 g/mol. The number of aromatic nitrogens is 3. The Morgan fingerprint density at radius 3 is 2.75 bits per heavy atom. The van der Waals surface area contributed by atoms with Gasteiger partial charge in [-0.25, -0.2) is 4.98 Å². The second kappa shape index (κ2) is 8.86. The van der Waals surface area contributed by atoms with Crippen molar-refractivity contribution in [1.82, 2.24) is 14.0 Å². The van der Waals surface area contributed by atoms with Gasteiger partial charge in [-0.15, -0.1) is 0 Å². The van der Waals surface area contributed by atoms with E-state index in [2.05, 4.69) is 27.0 Å². The fraction of sp³-hybridized carbons (Fsp3) is 0.174. The maximum Gasteiger partial charge on any atom is 0.280 e. The molecule has 8 nitrogen and oxygen atoms in total. The number of aryl methyl sites for hydroxylation is 1. The van der Waals surface area contributed by atoms with Crippen molar-refractivity contribution in [3.8, 4) is 6.07 Å². The summed E-state index contributed by atoms with van der Waals surface area (Å²) in [7, 11) is 1.54. The lowest BCUT2D eigenvalue weighted by Crippen LogP contribution is -2.30. The van der Waals surface area contributed by atoms with Crippen LogP contribution in [-0.4, -0.2) is 33.6 Å². The molecule has 1 aromatic carbocycles. The molecule has 160 valence electrons. The molecule has 0 unspecified atom stereocenters. The molecule has 0 aliphatic rings. The Balaban J connectivity index is 2.12. The third kappa shape index (κ3) is 3.75. The molecule has 4 aromatic rings. The predicted molar refractivity (Wildman–Crippen MR) is 122 cm³/mol. The number of halogens is 1. The number of hydrogen-bond donors (Lipinski definition) is 0. The number of amides is 1. The van der Waals surface area contributed by atoms with E-state index in [1.165, 1.54) is 10.5 Å². The number of rotatable bonds is 4. The van der Waals surface area contributed by atoms with Gasteiger partial charge in [0, 0.05) is 24.3 Å². The molecule has 0 fully saturated rings. The molecule has 0 radical (unpaired) electrons. The van der Waals surface area contributed by atoms with Crippen molar-refractivity contribution in [2.45, 2.75) is 13.5 Å². The largest absolute Gasteiger partial charge is 0.383 e. The maximum atomic E-state index is 13.2. The van der Waals surface area contributed by atoms with Gasteiger partial charge in [-0.05, 0) is 52.7 Å². The molecule has 0 spiro atoms. The van der Waals surface area contributed by atoms with Gasteiger partial charge in [0.1, 0.15) is 17.4 Å². The van der Waals surface area contributed by atoms with Crippen LogP contribution < -0.4 is 11.0 Å². The van der Waals surface area contributed by atoms with Gasteiger partial charge in [0.15, 0.2) is 5.49 Å². The average molecular weight is 492 g/mol. The summed E-state index contributed by atoms with van der Waals surface area (Å²) in [5.74, 6) is -0.520. The van der Waals surface area contributed by atoms with Gasteiger partial charge < -0.3 is 9.30 Å². The molecular weight excluding hydrogens is 474 g/mol. The molecule has 0 aliphatic carbocycles. The van der Waals surface area contributed by atoms with Gasteiger partial charge >= 0.3 is 0 Å². The Hall–Kier alpha value is -3.61. The highest BCUT2D eigenvalue weighted by atomic mass is 79.9. The smallest absolute Gasteiger partial charge is 0.280 e. The Morgan fingerprint density at radius 2 is 2.03 bits per heavy atom. The lowest BCUT2D eigenvalue weighted by Gasteiger charge is -2.14. The number of methoxy groups -OCH3 is 1. The number of carbonyl (C=O) groups excluding carboxylic acids is 1. The lowest BCUT2D eigenvalue weighted by atomic mass is 10.2. The lowest BCUT2D eigenvalue weighted by molar-refractivity contribution is 0.0996. The Bertz CT molecular complexity index is 1550. The van der Waals surface area contributed by atoms with Crippen LogP contribution in [0.3, 0.4) is 0 Å². The minimum Gasteiger partial charge on any atom is -0.383 e. The Labute approximate surface area is 191 Å². The molecule has 0 saturated carbocycles. The summed E-state index contributed by atoms with van der Waals surface area (Å²) in [4.78, 5) is 35.1. The third-order valence-corrected chi connectivity index (χ3v) is 5.75. The van der Waals surface area contributed by atoms with Crippen LogP contribution in [0, 0.1) is 18.3 Å². The van der Waals surface area contributed by atoms with Crippen molar-refractivity contribution < 1.29 is 9.53 Å². The summed E-state index contributed by atoms with van der Waals surface area (Å²) in [5, 5.41) is 10.1. The van der Waals surface area contributed by atoms with E-state index in [1.54, 1.807) is 48.2 Å². The van der Waals surface area contributed by atoms with Crippen LogP contribution in [0.1, 0.15) is 21.5 Å². The zero-order valence-electron chi connectivity index (χ0n) is 17.4. The van der Waals surface area contributed by atoms with Crippen molar-refractivity contribution in [3.63, 3.8) is 0 Å². The Morgan fingerprint density at radius 1 is 1.25 bits per heavy atom. The average Bonchev–Trinajstić information content (AvgIpc) is 2.79. The summed E-state index contributed by atoms with van der Waals surface area (Å²) in [6.07, 6.45) is 1.64. The highest BCUT2D eigenvalue weighted by molar-refractivity contribution is 9.10. The van der Waals surface area contributed by atoms with Crippen molar-refractivity contribution in [1.29, 1.82) is 5.26 Å². The first kappa shape index (κ1) is 21.6. The highest BCUT2D eigenvalue weighted by Gasteiger charge is 2.16. The number of hydrogen-bond acceptors (Lipinski definition) is 5. The van der Waals surface area contributed by atoms with Crippen LogP contribution in [0.4, 0.5) is 0 Å². The summed E-state index contributed by atoms with van der Waals surface area (Å²) in [6, 6.07) is 14.0. The molecular formula is C23H18BrN5O3. The van der Waals surface area contributed by atoms with E-state index in [4.69, 9.17) is 9.72 Å². The Kier molecular flexibility index (Phi) is 5.99. The number of benzene rings is 1. The van der Waals surface area contributed by atoms with E-state index in [1.807, 2.05) is 13.0 Å². The van der Waals surface area contributed by atoms with Crippen molar-refractivity contribution in [2.75, 3.05) is 13.7 Å². The van der Waals surface area contributed by atoms with E-state index in [9.17, 15) is 14.9 Å². The molecule has 0 saturated heterocycles. The van der Waals surface area contributed by atoms with Crippen LogP contribution in [0.5, 0.6) is 0 Å². The normalized spacial score (nSPS) is 11.8. The van der Waals surface area contributed by atoms with Crippen molar-refractivity contribution >= 4 is 38.5 Å². The van der Waals surface area contributed by atoms with E-state index in [-0.39, 0.29) is 35.1 Å². The maximum absolute atomic E-state index is 13.2. The number of ether oxygens (including phenoxy) is 1. The first-order chi connectivity index (χ1) is 15.5. The zero-order chi connectivity index (χ0) is 22.8. The molecule has 32 heavy (non-hydrogen) atoms. The number of nitriles is 1. The van der Waals surface area contributed by atoms with Crippen LogP contribution >= 0.6 is 15.9 Å². The first-order valence-corrected chi connectivity index (χ1v) is 10.5. The van der Waals surface area contributed by atoms with E-state index in [0.717, 1.165) is 5.56 Å². The quantitative estimate of drug-likeness (QED) is 0.408. The highest BCUT2D eigenvalue weighted by Crippen LogP contribution is 2.17. The minimum atomic E-state index is -0.520. The summed E-state index contributed by atoms with van der Waals surface area (Å²) in [5.41, 5.74) is 1.92. The first-order valence-electron chi connectivity index (χ1n) is 9.74. The van der Waals surface area contributed by atoms with Gasteiger partial charge in [-0.2, -0.15) is 10.3 Å². The van der Waals surface area contributed by atoms with E-state index >= 15 is 0 Å². The number of fused-ring (bicyclic) bond motifs is 2. The topological polar surface area (TPSA) is 102 Å². The minimum absolute atomic E-state index is 0.0977. The zero-order valence-corrected chi connectivity index (χ0v) is 19.0. The molecule has 3 heterocycles. The summed E-state index contributed by atoms with van der Waals surface area (Å²) < 4.78 is 8.86. The predicted octanol–water partition coefficient (Wildman–Crippen LogP) is 2.98. The molecule has 0 aliphatic heterocycles. The number of pyridine rings is 2. The fourth-order valence-electron chi connectivity index (χ4n) is 3.48. The molecule has 3 aromatic heterocycles. The van der Waals surface area contributed by atoms with Gasteiger partial charge in [0.2, 0.25) is 0 Å². The molecule has 4 rings (SSSR count). The number of nitrogens with zero attached hydrogens (tertiary/aromatic N) is 5. The second-order valence-electron chi connectivity index (χ2n) is 7.07. The second-order valence-corrected chi connectivity index (χ2v) is 7.93. The van der Waals surface area contributed by atoms with Crippen molar-refractivity contribution in [3.05, 3.63) is 85.7 Å². The van der Waals surface area contributed by atoms with Crippen LogP contribution in [0.2, 0.25) is 0 Å². The van der Waals surface area contributed by atoms with Crippen LogP contribution in [0.15, 0.2) is 62.9 Å². The van der Waals surface area contributed by atoms with Gasteiger partial charge in [-0.3, -0.25) is 14.0 Å². The van der Waals surface area contributed by atoms with Gasteiger partial charge in [-0.1, -0.05) is 18.2 Å². The van der Waals surface area contributed by atoms with E-state index < -0.39 is 5.91 Å². The number of carbonyl (C=O) groups is 1. The van der Waals surface area contributed by atoms with Crippen molar-refractivity contribution in [2.24, 2.45) is 4.99 Å². The summed E-state index contributed by atoms with van der Waals surface area (Å²) in [6.45, 7) is 2.38. The van der Waals surface area contributed by atoms with Gasteiger partial charge in [0.05, 0.1) is 23.1 Å². The standard InChI is InChI=1S/C23H18BrN5O3/c1-14-6-5-9-29-19(14)26-21-17(23(29)31)12-15(13-25)20(28(21)10-11-32-2)27-22(30)16-7-3-4-8-18(16)24/h3-9,12H,10-11H2,1-2H3.